The summed E-state index contributed by atoms with van der Waals surface area (Å²) < 4.78 is 4.87. The molecule has 0 aliphatic carbocycles. The molecule has 0 saturated heterocycles. The van der Waals surface area contributed by atoms with Gasteiger partial charge in [-0.15, -0.1) is 6.58 Å². The molecule has 0 aliphatic rings. The van der Waals surface area contributed by atoms with Crippen molar-refractivity contribution in [1.29, 1.82) is 0 Å². The fourth-order valence-corrected chi connectivity index (χ4v) is 0.961. The van der Waals surface area contributed by atoms with Crippen molar-refractivity contribution in [2.45, 2.75) is 52.9 Å². The summed E-state index contributed by atoms with van der Waals surface area (Å²) in [5.74, 6) is -0.628. The van der Waals surface area contributed by atoms with Crippen LogP contribution in [-0.2, 0) is 24.1 Å². The molecule has 0 heterocycles. The first-order valence-electron chi connectivity index (χ1n) is 6.45. The Labute approximate surface area is 115 Å². The molecule has 0 aromatic carbocycles. The predicted molar refractivity (Wildman–Crippen MR) is 73.3 cm³/mol. The molecule has 0 N–H and O–H groups in total. The van der Waals surface area contributed by atoms with Gasteiger partial charge in [-0.1, -0.05) is 12.5 Å². The molecule has 0 aliphatic heterocycles. The number of allylic oxidation sites excluding steroid dienone is 1. The number of hydrogen-bond acceptors (Lipinski definition) is 5. The van der Waals surface area contributed by atoms with Crippen molar-refractivity contribution >= 4 is 11.9 Å². The lowest BCUT2D eigenvalue weighted by Gasteiger charge is -2.02. The minimum Gasteiger partial charge on any atom is -0.466 e. The molecule has 0 saturated carbocycles. The Morgan fingerprint density at radius 3 is 1.95 bits per heavy atom. The minimum absolute atomic E-state index is 0.211. The normalized spacial score (nSPS) is 9.05. The van der Waals surface area contributed by atoms with Gasteiger partial charge in [0.05, 0.1) is 13.7 Å². The van der Waals surface area contributed by atoms with Crippen molar-refractivity contribution in [2.24, 2.45) is 0 Å². The monoisotopic (exact) mass is 274 g/mol. The van der Waals surface area contributed by atoms with Gasteiger partial charge in [0.2, 0.25) is 0 Å². The molecule has 5 nitrogen and oxygen atoms in total. The van der Waals surface area contributed by atoms with E-state index in [9.17, 15) is 9.59 Å². The quantitative estimate of drug-likeness (QED) is 0.224. The molecule has 0 atom stereocenters. The van der Waals surface area contributed by atoms with Gasteiger partial charge in [0.15, 0.2) is 0 Å². The van der Waals surface area contributed by atoms with Crippen molar-refractivity contribution in [3.63, 3.8) is 0 Å². The van der Waals surface area contributed by atoms with E-state index in [0.29, 0.717) is 25.9 Å². The SMILES string of the molecule is C=C(C)C.CCCOC(=O)CCCCC(=O)OOC. The third-order valence-corrected chi connectivity index (χ3v) is 1.66. The van der Waals surface area contributed by atoms with E-state index in [1.807, 2.05) is 20.8 Å². The molecule has 0 unspecified atom stereocenters. The molecule has 0 radical (unpaired) electrons. The van der Waals surface area contributed by atoms with Gasteiger partial charge in [-0.2, -0.15) is 4.89 Å². The van der Waals surface area contributed by atoms with E-state index in [1.165, 1.54) is 12.7 Å². The first-order valence-corrected chi connectivity index (χ1v) is 6.45. The zero-order chi connectivity index (χ0) is 15.1. The van der Waals surface area contributed by atoms with Gasteiger partial charge in [-0.3, -0.25) is 9.68 Å². The number of ether oxygens (including phenoxy) is 1. The van der Waals surface area contributed by atoms with Crippen LogP contribution in [0.15, 0.2) is 12.2 Å². The Morgan fingerprint density at radius 1 is 1.05 bits per heavy atom. The van der Waals surface area contributed by atoms with Gasteiger partial charge < -0.3 is 4.74 Å². The summed E-state index contributed by atoms with van der Waals surface area (Å²) in [5, 5.41) is 0. The highest BCUT2D eigenvalue weighted by atomic mass is 17.2. The molecule has 19 heavy (non-hydrogen) atoms. The van der Waals surface area contributed by atoms with E-state index in [2.05, 4.69) is 16.4 Å². The molecular formula is C14H26O5. The molecule has 5 heteroatoms. The fourth-order valence-electron chi connectivity index (χ4n) is 0.961. The average Bonchev–Trinajstić information content (AvgIpc) is 2.32. The lowest BCUT2D eigenvalue weighted by atomic mass is 10.2. The van der Waals surface area contributed by atoms with Crippen LogP contribution < -0.4 is 0 Å². The molecule has 112 valence electrons. The number of carbonyl (C=O) groups is 2. The van der Waals surface area contributed by atoms with Crippen LogP contribution in [0, 0.1) is 0 Å². The first kappa shape index (κ1) is 20.0. The van der Waals surface area contributed by atoms with Crippen molar-refractivity contribution in [3.8, 4) is 0 Å². The van der Waals surface area contributed by atoms with Crippen molar-refractivity contribution < 1.29 is 24.1 Å². The van der Waals surface area contributed by atoms with E-state index in [1.54, 1.807) is 0 Å². The van der Waals surface area contributed by atoms with Crippen LogP contribution >= 0.6 is 0 Å². The standard InChI is InChI=1S/C10H18O5.C4H8/c1-3-8-14-9(11)6-4-5-7-10(12)15-13-2;1-4(2)3/h3-8H2,1-2H3;1H2,2-3H3. The third-order valence-electron chi connectivity index (χ3n) is 1.66. The fraction of sp³-hybridized carbons (Fsp3) is 0.714. The van der Waals surface area contributed by atoms with Gasteiger partial charge in [0.25, 0.3) is 0 Å². The third kappa shape index (κ3) is 22.3. The summed E-state index contributed by atoms with van der Waals surface area (Å²) in [6.07, 6.45) is 2.66. The maximum Gasteiger partial charge on any atom is 0.342 e. The van der Waals surface area contributed by atoms with Gasteiger partial charge in [0, 0.05) is 12.8 Å². The van der Waals surface area contributed by atoms with Crippen LogP contribution in [-0.4, -0.2) is 25.7 Å². The number of carbonyl (C=O) groups excluding carboxylic acids is 2. The molecule has 0 bridgehead atoms. The van der Waals surface area contributed by atoms with Crippen molar-refractivity contribution in [3.05, 3.63) is 12.2 Å². The second-order valence-corrected chi connectivity index (χ2v) is 4.26. The van der Waals surface area contributed by atoms with Gasteiger partial charge >= 0.3 is 11.9 Å². The zero-order valence-corrected chi connectivity index (χ0v) is 12.5. The van der Waals surface area contributed by atoms with Crippen molar-refractivity contribution in [2.75, 3.05) is 13.7 Å². The van der Waals surface area contributed by atoms with Crippen LogP contribution in [0.5, 0.6) is 0 Å². The van der Waals surface area contributed by atoms with E-state index in [0.717, 1.165) is 6.42 Å². The van der Waals surface area contributed by atoms with Crippen LogP contribution in [0.1, 0.15) is 52.9 Å². The second kappa shape index (κ2) is 14.7. The molecular weight excluding hydrogens is 248 g/mol. The van der Waals surface area contributed by atoms with E-state index >= 15 is 0 Å². The zero-order valence-electron chi connectivity index (χ0n) is 12.5. The van der Waals surface area contributed by atoms with E-state index in [-0.39, 0.29) is 12.4 Å². The lowest BCUT2D eigenvalue weighted by Crippen LogP contribution is -2.06. The second-order valence-electron chi connectivity index (χ2n) is 4.26. The van der Waals surface area contributed by atoms with Gasteiger partial charge in [0.1, 0.15) is 0 Å². The van der Waals surface area contributed by atoms with Gasteiger partial charge in [-0.25, -0.2) is 4.79 Å². The Bertz CT molecular complexity index is 257. The largest absolute Gasteiger partial charge is 0.466 e. The summed E-state index contributed by atoms with van der Waals surface area (Å²) >= 11 is 0. The molecule has 0 amide bonds. The highest BCUT2D eigenvalue weighted by molar-refractivity contribution is 5.70. The highest BCUT2D eigenvalue weighted by Gasteiger charge is 2.05. The molecule has 0 spiro atoms. The average molecular weight is 274 g/mol. The van der Waals surface area contributed by atoms with Gasteiger partial charge in [-0.05, 0) is 33.1 Å². The summed E-state index contributed by atoms with van der Waals surface area (Å²) in [6, 6.07) is 0. The maximum absolute atomic E-state index is 11.0. The Balaban J connectivity index is 0. The van der Waals surface area contributed by atoms with E-state index in [4.69, 9.17) is 4.74 Å². The van der Waals surface area contributed by atoms with Crippen LogP contribution in [0.25, 0.3) is 0 Å². The minimum atomic E-state index is -0.417. The maximum atomic E-state index is 11.0. The molecule has 0 rings (SSSR count). The first-order chi connectivity index (χ1) is 8.93. The number of unbranched alkanes of at least 4 members (excludes halogenated alkanes) is 1. The predicted octanol–water partition coefficient (Wildman–Crippen LogP) is 3.19. The number of rotatable bonds is 8. The van der Waals surface area contributed by atoms with Crippen LogP contribution in [0.3, 0.4) is 0 Å². The topological polar surface area (TPSA) is 61.8 Å². The number of esters is 1. The lowest BCUT2D eigenvalue weighted by molar-refractivity contribution is -0.255. The van der Waals surface area contributed by atoms with Crippen LogP contribution in [0.4, 0.5) is 0 Å². The van der Waals surface area contributed by atoms with E-state index < -0.39 is 5.97 Å². The Morgan fingerprint density at radius 2 is 1.53 bits per heavy atom. The number of hydrogen-bond donors (Lipinski definition) is 0. The Kier molecular flexibility index (Phi) is 15.4. The van der Waals surface area contributed by atoms with Crippen molar-refractivity contribution in [1.82, 2.24) is 0 Å². The smallest absolute Gasteiger partial charge is 0.342 e. The summed E-state index contributed by atoms with van der Waals surface area (Å²) in [7, 11) is 1.28. The molecule has 0 aromatic heterocycles. The molecule has 0 fully saturated rings. The Hall–Kier alpha value is -1.36. The summed E-state index contributed by atoms with van der Waals surface area (Å²) in [5.41, 5.74) is 1.17. The van der Waals surface area contributed by atoms with Crippen LogP contribution in [0.2, 0.25) is 0 Å². The summed E-state index contributed by atoms with van der Waals surface area (Å²) in [4.78, 5) is 30.3. The summed E-state index contributed by atoms with van der Waals surface area (Å²) in [6.45, 7) is 9.90. The molecule has 0 aromatic rings. The highest BCUT2D eigenvalue weighted by Crippen LogP contribution is 2.03.